The molecule has 0 radical (unpaired) electrons. The maximum absolute atomic E-state index is 13.1. The fourth-order valence-corrected chi connectivity index (χ4v) is 4.73. The van der Waals surface area contributed by atoms with Gasteiger partial charge in [-0.3, -0.25) is 0 Å². The summed E-state index contributed by atoms with van der Waals surface area (Å²) >= 11 is 1.33. The molecule has 0 amide bonds. The van der Waals surface area contributed by atoms with E-state index in [1.165, 1.54) is 42.3 Å². The van der Waals surface area contributed by atoms with E-state index < -0.39 is 10.0 Å². The zero-order valence-electron chi connectivity index (χ0n) is 17.1. The topological polar surface area (TPSA) is 94.1 Å². The molecule has 0 N–H and O–H groups in total. The molecule has 31 heavy (non-hydrogen) atoms. The maximum atomic E-state index is 13.1. The minimum absolute atomic E-state index is 0.200. The Labute approximate surface area is 183 Å². The number of hydrogen-bond acceptors (Lipinski definition) is 7. The zero-order chi connectivity index (χ0) is 22.2. The first-order valence-electron chi connectivity index (χ1n) is 9.43. The molecule has 4 aromatic rings. The van der Waals surface area contributed by atoms with Crippen molar-refractivity contribution in [1.82, 2.24) is 24.1 Å². The van der Waals surface area contributed by atoms with Crippen LogP contribution < -0.4 is 0 Å². The van der Waals surface area contributed by atoms with Gasteiger partial charge < -0.3 is 8.98 Å². The number of sulfonamides is 1. The predicted octanol–water partition coefficient (Wildman–Crippen LogP) is 3.79. The molecule has 2 aromatic carbocycles. The van der Waals surface area contributed by atoms with E-state index in [-0.39, 0.29) is 10.7 Å². The molecule has 0 aliphatic heterocycles. The normalized spacial score (nSPS) is 12.2. The molecular formula is C20H20FN5O3S2. The third-order valence-corrected chi connectivity index (χ3v) is 7.34. The van der Waals surface area contributed by atoms with Crippen molar-refractivity contribution in [2.75, 3.05) is 14.1 Å². The van der Waals surface area contributed by atoms with Crippen molar-refractivity contribution < 1.29 is 17.2 Å². The Morgan fingerprint density at radius 2 is 1.87 bits per heavy atom. The average Bonchev–Trinajstić information content (AvgIpc) is 3.36. The van der Waals surface area contributed by atoms with Crippen molar-refractivity contribution in [3.05, 3.63) is 54.1 Å². The van der Waals surface area contributed by atoms with Gasteiger partial charge >= 0.3 is 0 Å². The second-order valence-electron chi connectivity index (χ2n) is 6.88. The number of benzene rings is 2. The van der Waals surface area contributed by atoms with Crippen molar-refractivity contribution in [2.24, 2.45) is 0 Å². The Kier molecular flexibility index (Phi) is 5.82. The highest BCUT2D eigenvalue weighted by atomic mass is 32.2. The second-order valence-corrected chi connectivity index (χ2v) is 9.96. The minimum atomic E-state index is -3.54. The van der Waals surface area contributed by atoms with E-state index in [0.29, 0.717) is 34.5 Å². The fourth-order valence-electron chi connectivity index (χ4n) is 3.10. The van der Waals surface area contributed by atoms with Crippen molar-refractivity contribution in [2.45, 2.75) is 29.3 Å². The van der Waals surface area contributed by atoms with Crippen molar-refractivity contribution >= 4 is 32.8 Å². The van der Waals surface area contributed by atoms with Gasteiger partial charge in [0.1, 0.15) is 11.6 Å². The lowest BCUT2D eigenvalue weighted by Crippen LogP contribution is -2.22. The zero-order valence-corrected chi connectivity index (χ0v) is 18.7. The van der Waals surface area contributed by atoms with Gasteiger partial charge in [0.15, 0.2) is 0 Å². The van der Waals surface area contributed by atoms with Crippen LogP contribution in [0.2, 0.25) is 0 Å². The molecule has 0 aliphatic rings. The van der Waals surface area contributed by atoms with Gasteiger partial charge in [0.2, 0.25) is 15.9 Å². The Balaban J connectivity index is 1.58. The van der Waals surface area contributed by atoms with E-state index in [4.69, 9.17) is 4.42 Å². The van der Waals surface area contributed by atoms with Crippen LogP contribution in [0.25, 0.3) is 22.5 Å². The SMILES string of the molecule is CCn1c(CSc2nnc(-c3ccc(F)cc3)o2)nc2cc(S(=O)(=O)N(C)C)ccc21. The van der Waals surface area contributed by atoms with E-state index in [9.17, 15) is 12.8 Å². The van der Waals surface area contributed by atoms with Gasteiger partial charge in [-0.05, 0) is 49.4 Å². The van der Waals surface area contributed by atoms with Crippen LogP contribution in [0.1, 0.15) is 12.7 Å². The highest BCUT2D eigenvalue weighted by Gasteiger charge is 2.20. The molecule has 0 atom stereocenters. The molecule has 11 heteroatoms. The van der Waals surface area contributed by atoms with Crippen LogP contribution in [0.5, 0.6) is 0 Å². The van der Waals surface area contributed by atoms with Gasteiger partial charge in [-0.1, -0.05) is 11.8 Å². The van der Waals surface area contributed by atoms with Crippen LogP contribution in [-0.4, -0.2) is 46.6 Å². The highest BCUT2D eigenvalue weighted by Crippen LogP contribution is 2.28. The number of rotatable bonds is 7. The standard InChI is InChI=1S/C20H20FN5O3S2/c1-4-26-17-10-9-15(31(27,28)25(2)3)11-16(17)22-18(26)12-30-20-24-23-19(29-20)13-5-7-14(21)8-6-13/h5-11H,4,12H2,1-3H3. The summed E-state index contributed by atoms with van der Waals surface area (Å²) in [5.41, 5.74) is 2.10. The third-order valence-electron chi connectivity index (χ3n) is 4.72. The van der Waals surface area contributed by atoms with Crippen LogP contribution in [0.3, 0.4) is 0 Å². The molecule has 0 fully saturated rings. The lowest BCUT2D eigenvalue weighted by Gasteiger charge is -2.11. The molecule has 0 bridgehead atoms. The summed E-state index contributed by atoms with van der Waals surface area (Å²) < 4.78 is 46.8. The number of nitrogens with zero attached hydrogens (tertiary/aromatic N) is 5. The lowest BCUT2D eigenvalue weighted by atomic mass is 10.2. The van der Waals surface area contributed by atoms with Gasteiger partial charge in [-0.25, -0.2) is 22.1 Å². The number of imidazole rings is 1. The van der Waals surface area contributed by atoms with Gasteiger partial charge in [0.05, 0.1) is 21.7 Å². The van der Waals surface area contributed by atoms with E-state index >= 15 is 0 Å². The van der Waals surface area contributed by atoms with Crippen molar-refractivity contribution in [3.63, 3.8) is 0 Å². The number of aryl methyl sites for hydroxylation is 1. The summed E-state index contributed by atoms with van der Waals surface area (Å²) in [7, 11) is -0.544. The summed E-state index contributed by atoms with van der Waals surface area (Å²) in [6, 6.07) is 10.8. The van der Waals surface area contributed by atoms with E-state index in [0.717, 1.165) is 11.3 Å². The van der Waals surface area contributed by atoms with Gasteiger partial charge in [0.25, 0.3) is 5.22 Å². The molecule has 0 unspecified atom stereocenters. The largest absolute Gasteiger partial charge is 0.411 e. The maximum Gasteiger partial charge on any atom is 0.277 e. The summed E-state index contributed by atoms with van der Waals surface area (Å²) in [5.74, 6) is 1.20. The first-order chi connectivity index (χ1) is 14.8. The summed E-state index contributed by atoms with van der Waals surface area (Å²) in [6.45, 7) is 2.68. The summed E-state index contributed by atoms with van der Waals surface area (Å²) in [4.78, 5) is 4.83. The molecule has 0 aliphatic carbocycles. The molecule has 4 rings (SSSR count). The Bertz CT molecular complexity index is 1330. The van der Waals surface area contributed by atoms with E-state index in [2.05, 4.69) is 15.2 Å². The van der Waals surface area contributed by atoms with Gasteiger partial charge in [0, 0.05) is 26.2 Å². The Morgan fingerprint density at radius 1 is 1.13 bits per heavy atom. The second kappa shape index (κ2) is 8.40. The number of aromatic nitrogens is 4. The number of hydrogen-bond donors (Lipinski definition) is 0. The molecule has 8 nitrogen and oxygen atoms in total. The first kappa shape index (κ1) is 21.5. The number of halogens is 1. The molecule has 162 valence electrons. The molecular weight excluding hydrogens is 441 g/mol. The highest BCUT2D eigenvalue weighted by molar-refractivity contribution is 7.98. The Hall–Kier alpha value is -2.76. The van der Waals surface area contributed by atoms with Gasteiger partial charge in [-0.2, -0.15) is 0 Å². The van der Waals surface area contributed by atoms with E-state index in [1.807, 2.05) is 11.5 Å². The quantitative estimate of drug-likeness (QED) is 0.387. The van der Waals surface area contributed by atoms with Crippen LogP contribution in [0, 0.1) is 5.82 Å². The van der Waals surface area contributed by atoms with Crippen LogP contribution in [-0.2, 0) is 22.3 Å². The molecule has 0 spiro atoms. The summed E-state index contributed by atoms with van der Waals surface area (Å²) in [6.07, 6.45) is 0. The van der Waals surface area contributed by atoms with Crippen LogP contribution in [0.15, 0.2) is 57.0 Å². The van der Waals surface area contributed by atoms with E-state index in [1.54, 1.807) is 30.3 Å². The first-order valence-corrected chi connectivity index (χ1v) is 11.9. The molecule has 0 saturated carbocycles. The number of thioether (sulfide) groups is 1. The average molecular weight is 462 g/mol. The molecule has 2 heterocycles. The molecule has 2 aromatic heterocycles. The van der Waals surface area contributed by atoms with Crippen LogP contribution >= 0.6 is 11.8 Å². The van der Waals surface area contributed by atoms with Gasteiger partial charge in [-0.15, -0.1) is 10.2 Å². The van der Waals surface area contributed by atoms with Crippen molar-refractivity contribution in [1.29, 1.82) is 0 Å². The smallest absolute Gasteiger partial charge is 0.277 e. The summed E-state index contributed by atoms with van der Waals surface area (Å²) in [5, 5.41) is 8.41. The van der Waals surface area contributed by atoms with Crippen molar-refractivity contribution in [3.8, 4) is 11.5 Å². The monoisotopic (exact) mass is 461 g/mol. The minimum Gasteiger partial charge on any atom is -0.411 e. The lowest BCUT2D eigenvalue weighted by molar-refractivity contribution is 0.465. The third kappa shape index (κ3) is 4.21. The van der Waals surface area contributed by atoms with Crippen LogP contribution in [0.4, 0.5) is 4.39 Å². The predicted molar refractivity (Wildman–Crippen MR) is 116 cm³/mol. The molecule has 0 saturated heterocycles. The fraction of sp³-hybridized carbons (Fsp3) is 0.250. The number of fused-ring (bicyclic) bond motifs is 1. The Morgan fingerprint density at radius 3 is 2.55 bits per heavy atom.